The fraction of sp³-hybridized carbons (Fsp3) is 0.333. The van der Waals surface area contributed by atoms with Crippen LogP contribution in [0.4, 0.5) is 15.9 Å². The van der Waals surface area contributed by atoms with Gasteiger partial charge in [0.2, 0.25) is 0 Å². The molecule has 1 aliphatic heterocycles. The summed E-state index contributed by atoms with van der Waals surface area (Å²) in [7, 11) is 0. The number of benzene rings is 1. The second kappa shape index (κ2) is 8.37. The molecule has 1 aromatic carbocycles. The van der Waals surface area contributed by atoms with Crippen molar-refractivity contribution in [3.63, 3.8) is 0 Å². The van der Waals surface area contributed by atoms with Gasteiger partial charge in [-0.15, -0.1) is 0 Å². The van der Waals surface area contributed by atoms with Crippen LogP contribution in [0.25, 0.3) is 0 Å². The third-order valence-corrected chi connectivity index (χ3v) is 4.37. The molecule has 1 fully saturated rings. The van der Waals surface area contributed by atoms with E-state index in [1.807, 2.05) is 0 Å². The van der Waals surface area contributed by atoms with Crippen molar-refractivity contribution >= 4 is 23.3 Å². The van der Waals surface area contributed by atoms with Crippen molar-refractivity contribution in [1.29, 1.82) is 0 Å². The number of nitrogens with zero attached hydrogens (tertiary/aromatic N) is 3. The zero-order valence-corrected chi connectivity index (χ0v) is 14.2. The number of piperidine rings is 1. The van der Waals surface area contributed by atoms with Crippen LogP contribution in [0.1, 0.15) is 12.8 Å². The lowest BCUT2D eigenvalue weighted by atomic mass is 9.97. The molecule has 0 saturated carbocycles. The Labute approximate surface area is 150 Å². The fourth-order valence-corrected chi connectivity index (χ4v) is 2.88. The van der Waals surface area contributed by atoms with Crippen molar-refractivity contribution in [3.8, 4) is 0 Å². The van der Waals surface area contributed by atoms with Crippen LogP contribution in [-0.4, -0.2) is 41.4 Å². The van der Waals surface area contributed by atoms with Gasteiger partial charge in [0, 0.05) is 32.0 Å². The Morgan fingerprint density at radius 2 is 1.92 bits per heavy atom. The predicted molar refractivity (Wildman–Crippen MR) is 95.0 cm³/mol. The van der Waals surface area contributed by atoms with E-state index in [9.17, 15) is 14.0 Å². The molecule has 0 aliphatic carbocycles. The van der Waals surface area contributed by atoms with E-state index in [0.717, 1.165) is 31.7 Å². The van der Waals surface area contributed by atoms with E-state index in [-0.39, 0.29) is 11.6 Å². The van der Waals surface area contributed by atoms with E-state index >= 15 is 0 Å². The molecular weight excluding hydrogens is 337 g/mol. The Morgan fingerprint density at radius 3 is 2.62 bits per heavy atom. The minimum Gasteiger partial charge on any atom is -0.355 e. The van der Waals surface area contributed by atoms with Crippen LogP contribution in [0.15, 0.2) is 42.9 Å². The average Bonchev–Trinajstić information content (AvgIpc) is 2.69. The number of anilines is 2. The lowest BCUT2D eigenvalue weighted by molar-refractivity contribution is -0.136. The standard InChI is InChI=1S/C18H20FN5O2/c19-14-3-1-2-4-15(14)23-18(26)17(25)22-11-13-5-9-24(10-6-13)16-12-20-7-8-21-16/h1-4,7-8,12-13H,5-6,9-11H2,(H,22,25)(H,23,26). The summed E-state index contributed by atoms with van der Waals surface area (Å²) in [5.41, 5.74) is -0.00933. The minimum absolute atomic E-state index is 0.00933. The number of nitrogens with one attached hydrogen (secondary N) is 2. The SMILES string of the molecule is O=C(NCC1CCN(c2cnccn2)CC1)C(=O)Nc1ccccc1F. The Bertz CT molecular complexity index is 763. The summed E-state index contributed by atoms with van der Waals surface area (Å²) in [5, 5.41) is 4.90. The molecule has 1 aromatic heterocycles. The fourth-order valence-electron chi connectivity index (χ4n) is 2.88. The first-order valence-electron chi connectivity index (χ1n) is 8.48. The highest BCUT2D eigenvalue weighted by molar-refractivity contribution is 6.39. The van der Waals surface area contributed by atoms with E-state index in [0.29, 0.717) is 6.54 Å². The van der Waals surface area contributed by atoms with Crippen LogP contribution in [0.5, 0.6) is 0 Å². The zero-order chi connectivity index (χ0) is 18.4. The van der Waals surface area contributed by atoms with Crippen molar-refractivity contribution in [2.45, 2.75) is 12.8 Å². The second-order valence-corrected chi connectivity index (χ2v) is 6.14. The quantitative estimate of drug-likeness (QED) is 0.812. The number of halogens is 1. The predicted octanol–water partition coefficient (Wildman–Crippen LogP) is 1.59. The maximum atomic E-state index is 13.5. The van der Waals surface area contributed by atoms with Crippen molar-refractivity contribution in [2.75, 3.05) is 29.9 Å². The Morgan fingerprint density at radius 1 is 1.15 bits per heavy atom. The van der Waals surface area contributed by atoms with Crippen LogP contribution in [-0.2, 0) is 9.59 Å². The average molecular weight is 357 g/mol. The van der Waals surface area contributed by atoms with E-state index in [4.69, 9.17) is 0 Å². The monoisotopic (exact) mass is 357 g/mol. The van der Waals surface area contributed by atoms with E-state index in [2.05, 4.69) is 25.5 Å². The molecule has 1 saturated heterocycles. The van der Waals surface area contributed by atoms with Gasteiger partial charge in [0.1, 0.15) is 11.6 Å². The molecule has 0 bridgehead atoms. The molecule has 7 nitrogen and oxygen atoms in total. The zero-order valence-electron chi connectivity index (χ0n) is 14.2. The van der Waals surface area contributed by atoms with Gasteiger partial charge < -0.3 is 15.5 Å². The number of rotatable bonds is 4. The molecule has 2 N–H and O–H groups in total. The van der Waals surface area contributed by atoms with Crippen LogP contribution in [0.2, 0.25) is 0 Å². The summed E-state index contributed by atoms with van der Waals surface area (Å²) in [6.45, 7) is 2.05. The van der Waals surface area contributed by atoms with Gasteiger partial charge in [0.05, 0.1) is 11.9 Å². The maximum absolute atomic E-state index is 13.5. The molecule has 2 aromatic rings. The summed E-state index contributed by atoms with van der Waals surface area (Å²) in [6, 6.07) is 5.72. The van der Waals surface area contributed by atoms with Crippen LogP contribution < -0.4 is 15.5 Å². The first kappa shape index (κ1) is 17.8. The molecule has 136 valence electrons. The van der Waals surface area contributed by atoms with Crippen LogP contribution in [0.3, 0.4) is 0 Å². The Kier molecular flexibility index (Phi) is 5.73. The van der Waals surface area contributed by atoms with E-state index in [1.54, 1.807) is 24.7 Å². The van der Waals surface area contributed by atoms with Gasteiger partial charge in [-0.05, 0) is 30.9 Å². The van der Waals surface area contributed by atoms with Crippen molar-refractivity contribution in [3.05, 3.63) is 48.7 Å². The number of carbonyl (C=O) groups is 2. The molecule has 0 spiro atoms. The van der Waals surface area contributed by atoms with Gasteiger partial charge in [0.15, 0.2) is 0 Å². The topological polar surface area (TPSA) is 87.2 Å². The molecule has 2 amide bonds. The van der Waals surface area contributed by atoms with E-state index < -0.39 is 17.6 Å². The molecule has 0 unspecified atom stereocenters. The van der Waals surface area contributed by atoms with Gasteiger partial charge in [-0.2, -0.15) is 0 Å². The van der Waals surface area contributed by atoms with E-state index in [1.165, 1.54) is 18.2 Å². The normalized spacial score (nSPS) is 14.7. The molecule has 0 atom stereocenters. The molecule has 26 heavy (non-hydrogen) atoms. The van der Waals surface area contributed by atoms with Crippen molar-refractivity contribution in [1.82, 2.24) is 15.3 Å². The number of hydrogen-bond acceptors (Lipinski definition) is 5. The molecule has 3 rings (SSSR count). The first-order chi connectivity index (χ1) is 12.6. The van der Waals surface area contributed by atoms with Crippen molar-refractivity contribution in [2.24, 2.45) is 5.92 Å². The summed E-state index contributed by atoms with van der Waals surface area (Å²) < 4.78 is 13.5. The van der Waals surface area contributed by atoms with Crippen LogP contribution in [0, 0.1) is 11.7 Å². The van der Waals surface area contributed by atoms with Gasteiger partial charge in [0.25, 0.3) is 0 Å². The highest BCUT2D eigenvalue weighted by Gasteiger charge is 2.22. The molecule has 8 heteroatoms. The number of hydrogen-bond donors (Lipinski definition) is 2. The summed E-state index contributed by atoms with van der Waals surface area (Å²) in [5.74, 6) is -1.07. The lowest BCUT2D eigenvalue weighted by Crippen LogP contribution is -2.42. The number of amides is 2. The number of aromatic nitrogens is 2. The Balaban J connectivity index is 1.42. The molecular formula is C18H20FN5O2. The number of carbonyl (C=O) groups excluding carboxylic acids is 2. The first-order valence-corrected chi connectivity index (χ1v) is 8.48. The summed E-state index contributed by atoms with van der Waals surface area (Å²) in [6.07, 6.45) is 6.79. The van der Waals surface area contributed by atoms with Gasteiger partial charge in [-0.3, -0.25) is 14.6 Å². The highest BCUT2D eigenvalue weighted by atomic mass is 19.1. The number of para-hydroxylation sites is 1. The summed E-state index contributed by atoms with van der Waals surface area (Å²) >= 11 is 0. The maximum Gasteiger partial charge on any atom is 0.313 e. The lowest BCUT2D eigenvalue weighted by Gasteiger charge is -2.32. The summed E-state index contributed by atoms with van der Waals surface area (Å²) in [4.78, 5) is 34.3. The van der Waals surface area contributed by atoms with Crippen LogP contribution >= 0.6 is 0 Å². The van der Waals surface area contributed by atoms with Gasteiger partial charge >= 0.3 is 11.8 Å². The molecule has 1 aliphatic rings. The highest BCUT2D eigenvalue weighted by Crippen LogP contribution is 2.20. The Hall–Kier alpha value is -3.03. The van der Waals surface area contributed by atoms with Gasteiger partial charge in [-0.25, -0.2) is 9.37 Å². The molecule has 0 radical (unpaired) electrons. The second-order valence-electron chi connectivity index (χ2n) is 6.14. The third kappa shape index (κ3) is 4.53. The smallest absolute Gasteiger partial charge is 0.313 e. The molecule has 2 heterocycles. The van der Waals surface area contributed by atoms with Gasteiger partial charge in [-0.1, -0.05) is 12.1 Å². The van der Waals surface area contributed by atoms with Crippen molar-refractivity contribution < 1.29 is 14.0 Å². The minimum atomic E-state index is -0.868. The third-order valence-electron chi connectivity index (χ3n) is 4.37. The largest absolute Gasteiger partial charge is 0.355 e.